The molecule has 11 heteroatoms. The lowest BCUT2D eigenvalue weighted by Crippen LogP contribution is -2.31. The molecule has 4 rings (SSSR count). The van der Waals surface area contributed by atoms with E-state index in [0.717, 1.165) is 0 Å². The van der Waals surface area contributed by atoms with Gasteiger partial charge in [0.2, 0.25) is 5.95 Å². The lowest BCUT2D eigenvalue weighted by molar-refractivity contribution is -0.200. The van der Waals surface area contributed by atoms with E-state index < -0.39 is 35.9 Å². The zero-order valence-electron chi connectivity index (χ0n) is 12.9. The van der Waals surface area contributed by atoms with Gasteiger partial charge in [-0.05, 0) is 29.8 Å². The monoisotopic (exact) mass is 401 g/mol. The van der Waals surface area contributed by atoms with Crippen LogP contribution in [0.1, 0.15) is 20.1 Å². The van der Waals surface area contributed by atoms with Gasteiger partial charge >= 0.3 is 0 Å². The minimum atomic E-state index is -0.808. The number of nitrogens with one attached hydrogen (secondary N) is 1. The van der Waals surface area contributed by atoms with Gasteiger partial charge in [-0.1, -0.05) is 0 Å². The van der Waals surface area contributed by atoms with Gasteiger partial charge in [-0.25, -0.2) is 4.98 Å². The summed E-state index contributed by atoms with van der Waals surface area (Å²) in [5.41, 5.74) is 5.58. The van der Waals surface area contributed by atoms with E-state index in [1.807, 2.05) is 0 Å². The van der Waals surface area contributed by atoms with E-state index in [1.54, 1.807) is 18.4 Å². The molecule has 0 radical (unpaired) electrons. The molecule has 24 heavy (non-hydrogen) atoms. The molecule has 130 valence electrons. The van der Waals surface area contributed by atoms with E-state index in [2.05, 4.69) is 30.9 Å². The Hall–Kier alpha value is -1.53. The summed E-state index contributed by atoms with van der Waals surface area (Å²) in [4.78, 5) is 22.8. The first-order valence-electron chi connectivity index (χ1n) is 7.36. The van der Waals surface area contributed by atoms with Crippen molar-refractivity contribution in [3.05, 3.63) is 15.1 Å². The molecule has 2 fully saturated rings. The highest BCUT2D eigenvalue weighted by molar-refractivity contribution is 9.10. The Balaban J connectivity index is 1.86. The molecule has 0 spiro atoms. The number of aromatic amines is 1. The van der Waals surface area contributed by atoms with Crippen molar-refractivity contribution in [1.82, 2.24) is 19.5 Å². The standard InChI is InChI=1S/C13H16BrN5O5/c1-13(2)23-6-4(3-20)22-10(7(6)24-13)19-8-5(16-11(19)14)9(21)18-12(15)17-8/h4,6-7,10,20H,3H2,1-2H3,(H3,15,17,18,21). The second kappa shape index (κ2) is 5.23. The molecule has 10 nitrogen and oxygen atoms in total. The zero-order chi connectivity index (χ0) is 17.2. The predicted molar refractivity (Wildman–Crippen MR) is 85.1 cm³/mol. The van der Waals surface area contributed by atoms with E-state index in [4.69, 9.17) is 19.9 Å². The molecule has 0 aromatic carbocycles. The van der Waals surface area contributed by atoms with Gasteiger partial charge in [-0.3, -0.25) is 14.3 Å². The number of nitrogens with two attached hydrogens (primary N) is 1. The number of aromatic nitrogens is 4. The molecule has 4 heterocycles. The quantitative estimate of drug-likeness (QED) is 0.591. The number of nitrogen functional groups attached to an aromatic ring is 1. The average molecular weight is 402 g/mol. The molecular formula is C13H16BrN5O5. The summed E-state index contributed by atoms with van der Waals surface area (Å²) < 4.78 is 19.6. The first-order valence-corrected chi connectivity index (χ1v) is 8.15. The van der Waals surface area contributed by atoms with Gasteiger partial charge in [0.15, 0.2) is 27.9 Å². The van der Waals surface area contributed by atoms with Crippen LogP contribution in [0, 0.1) is 0 Å². The molecule has 4 atom stereocenters. The maximum Gasteiger partial charge on any atom is 0.280 e. The number of aliphatic hydroxyl groups excluding tert-OH is 1. The molecule has 2 aliphatic rings. The molecule has 2 aromatic rings. The molecule has 0 aliphatic carbocycles. The Labute approximate surface area is 144 Å². The van der Waals surface area contributed by atoms with Gasteiger partial charge in [-0.15, -0.1) is 0 Å². The fourth-order valence-electron chi connectivity index (χ4n) is 3.21. The molecule has 2 saturated heterocycles. The Morgan fingerprint density at radius 3 is 2.79 bits per heavy atom. The van der Waals surface area contributed by atoms with E-state index >= 15 is 0 Å². The Morgan fingerprint density at radius 1 is 1.38 bits per heavy atom. The summed E-state index contributed by atoms with van der Waals surface area (Å²) in [6.07, 6.45) is -2.18. The van der Waals surface area contributed by atoms with Crippen LogP contribution >= 0.6 is 15.9 Å². The average Bonchev–Trinajstić information content (AvgIpc) is 3.07. The van der Waals surface area contributed by atoms with Crippen LogP contribution in [0.5, 0.6) is 0 Å². The van der Waals surface area contributed by atoms with Crippen LogP contribution in [0.15, 0.2) is 9.53 Å². The predicted octanol–water partition coefficient (Wildman–Crippen LogP) is -0.126. The fraction of sp³-hybridized carbons (Fsp3) is 0.615. The molecule has 0 saturated carbocycles. The SMILES string of the molecule is CC1(C)OC2C(CO)OC(n3c(Br)nc4c(=O)[nH]c(N)nc43)C2O1. The molecule has 4 N–H and O–H groups in total. The van der Waals surface area contributed by atoms with E-state index in [1.165, 1.54) is 0 Å². The molecular weight excluding hydrogens is 386 g/mol. The number of hydrogen-bond acceptors (Lipinski definition) is 8. The van der Waals surface area contributed by atoms with Crippen molar-refractivity contribution in [1.29, 1.82) is 0 Å². The third-order valence-electron chi connectivity index (χ3n) is 4.09. The van der Waals surface area contributed by atoms with Crippen LogP contribution in [-0.2, 0) is 14.2 Å². The lowest BCUT2D eigenvalue weighted by Gasteiger charge is -2.24. The molecule has 2 aromatic heterocycles. The number of anilines is 1. The maximum absolute atomic E-state index is 12.0. The second-order valence-corrected chi connectivity index (χ2v) is 6.90. The van der Waals surface area contributed by atoms with Gasteiger partial charge in [0, 0.05) is 0 Å². The van der Waals surface area contributed by atoms with Gasteiger partial charge in [0.05, 0.1) is 6.61 Å². The van der Waals surface area contributed by atoms with Crippen LogP contribution in [-0.4, -0.2) is 55.3 Å². The van der Waals surface area contributed by atoms with Gasteiger partial charge < -0.3 is 25.1 Å². The van der Waals surface area contributed by atoms with Crippen molar-refractivity contribution in [3.8, 4) is 0 Å². The largest absolute Gasteiger partial charge is 0.394 e. The number of fused-ring (bicyclic) bond motifs is 2. The lowest BCUT2D eigenvalue weighted by atomic mass is 10.1. The number of halogens is 1. The van der Waals surface area contributed by atoms with E-state index in [9.17, 15) is 9.90 Å². The fourth-order valence-corrected chi connectivity index (χ4v) is 3.76. The number of rotatable bonds is 2. The van der Waals surface area contributed by atoms with Crippen LogP contribution < -0.4 is 11.3 Å². The van der Waals surface area contributed by atoms with Crippen LogP contribution in [0.25, 0.3) is 11.2 Å². The zero-order valence-corrected chi connectivity index (χ0v) is 14.5. The third-order valence-corrected chi connectivity index (χ3v) is 4.64. The third kappa shape index (κ3) is 2.27. The normalized spacial score (nSPS) is 31.7. The summed E-state index contributed by atoms with van der Waals surface area (Å²) in [5.74, 6) is -0.837. The molecule has 0 bridgehead atoms. The van der Waals surface area contributed by atoms with Gasteiger partial charge in [0.1, 0.15) is 18.3 Å². The highest BCUT2D eigenvalue weighted by atomic mass is 79.9. The maximum atomic E-state index is 12.0. The number of H-pyrrole nitrogens is 1. The van der Waals surface area contributed by atoms with Crippen molar-refractivity contribution >= 4 is 33.0 Å². The smallest absolute Gasteiger partial charge is 0.280 e. The summed E-state index contributed by atoms with van der Waals surface area (Å²) >= 11 is 3.33. The number of aliphatic hydroxyl groups is 1. The highest BCUT2D eigenvalue weighted by Crippen LogP contribution is 2.44. The van der Waals surface area contributed by atoms with Crippen molar-refractivity contribution < 1.29 is 19.3 Å². The summed E-state index contributed by atoms with van der Waals surface area (Å²) in [7, 11) is 0. The van der Waals surface area contributed by atoms with Gasteiger partial charge in [-0.2, -0.15) is 4.98 Å². The minimum absolute atomic E-state index is 0.0293. The van der Waals surface area contributed by atoms with E-state index in [0.29, 0.717) is 4.73 Å². The van der Waals surface area contributed by atoms with Crippen molar-refractivity contribution in [2.24, 2.45) is 0 Å². The summed E-state index contributed by atoms with van der Waals surface area (Å²) in [6.45, 7) is 3.36. The van der Waals surface area contributed by atoms with Crippen molar-refractivity contribution in [3.63, 3.8) is 0 Å². The van der Waals surface area contributed by atoms with Crippen LogP contribution in [0.3, 0.4) is 0 Å². The number of hydrogen-bond donors (Lipinski definition) is 3. The molecule has 0 amide bonds. The van der Waals surface area contributed by atoms with Crippen molar-refractivity contribution in [2.75, 3.05) is 12.3 Å². The van der Waals surface area contributed by atoms with E-state index in [-0.39, 0.29) is 23.7 Å². The number of imidazole rings is 1. The van der Waals surface area contributed by atoms with Gasteiger partial charge in [0.25, 0.3) is 5.56 Å². The highest BCUT2D eigenvalue weighted by Gasteiger charge is 2.56. The molecule has 4 unspecified atom stereocenters. The second-order valence-electron chi connectivity index (χ2n) is 6.19. The summed E-state index contributed by atoms with van der Waals surface area (Å²) in [5, 5.41) is 9.58. The first kappa shape index (κ1) is 16.0. The van der Waals surface area contributed by atoms with Crippen molar-refractivity contribution in [2.45, 2.75) is 44.2 Å². The van der Waals surface area contributed by atoms with Crippen LogP contribution in [0.2, 0.25) is 0 Å². The molecule has 2 aliphatic heterocycles. The topological polar surface area (TPSA) is 138 Å². The minimum Gasteiger partial charge on any atom is -0.394 e. The summed E-state index contributed by atoms with van der Waals surface area (Å²) in [6, 6.07) is 0. The Kier molecular flexibility index (Phi) is 3.48. The first-order chi connectivity index (χ1) is 11.3. The van der Waals surface area contributed by atoms with Crippen LogP contribution in [0.4, 0.5) is 5.95 Å². The Bertz CT molecular complexity index is 864. The Morgan fingerprint density at radius 2 is 2.08 bits per heavy atom. The number of nitrogens with zero attached hydrogens (tertiary/aromatic N) is 3. The number of ether oxygens (including phenoxy) is 3.